The van der Waals surface area contributed by atoms with Crippen LogP contribution in [-0.2, 0) is 11.2 Å². The molecule has 1 aromatic heterocycles. The predicted molar refractivity (Wildman–Crippen MR) is 72.0 cm³/mol. The Morgan fingerprint density at radius 2 is 2.20 bits per heavy atom. The highest BCUT2D eigenvalue weighted by molar-refractivity contribution is 5.76. The van der Waals surface area contributed by atoms with E-state index in [2.05, 4.69) is 10.5 Å². The third-order valence-electron chi connectivity index (χ3n) is 4.04. The number of rotatable bonds is 5. The summed E-state index contributed by atoms with van der Waals surface area (Å²) in [5.41, 5.74) is 1.81. The first-order chi connectivity index (χ1) is 9.51. The van der Waals surface area contributed by atoms with Crippen LogP contribution in [0, 0.1) is 19.8 Å². The lowest BCUT2D eigenvalue weighted by Crippen LogP contribution is -2.33. The van der Waals surface area contributed by atoms with Gasteiger partial charge in [0.15, 0.2) is 0 Å². The lowest BCUT2D eigenvalue weighted by atomic mass is 10.1. The van der Waals surface area contributed by atoms with Crippen molar-refractivity contribution in [1.82, 2.24) is 10.5 Å². The summed E-state index contributed by atoms with van der Waals surface area (Å²) < 4.78 is 5.06. The summed E-state index contributed by atoms with van der Waals surface area (Å²) in [6.45, 7) is 3.67. The van der Waals surface area contributed by atoms with E-state index in [4.69, 9.17) is 9.63 Å². The van der Waals surface area contributed by atoms with Crippen molar-refractivity contribution in [3.63, 3.8) is 0 Å². The Morgan fingerprint density at radius 1 is 1.45 bits per heavy atom. The van der Waals surface area contributed by atoms with Crippen LogP contribution >= 0.6 is 0 Å². The number of amides is 1. The van der Waals surface area contributed by atoms with Crippen LogP contribution in [0.4, 0.5) is 0 Å². The molecule has 6 nitrogen and oxygen atoms in total. The fraction of sp³-hybridized carbons (Fsp3) is 0.714. The van der Waals surface area contributed by atoms with Crippen LogP contribution in [0.1, 0.15) is 36.3 Å². The minimum absolute atomic E-state index is 0.0351. The highest BCUT2D eigenvalue weighted by Crippen LogP contribution is 2.25. The number of aryl methyl sites for hydroxylation is 2. The van der Waals surface area contributed by atoms with E-state index in [1.807, 2.05) is 13.8 Å². The molecule has 0 saturated heterocycles. The third kappa shape index (κ3) is 3.37. The normalized spacial score (nSPS) is 25.9. The predicted octanol–water partition coefficient (Wildman–Crippen LogP) is 0.472. The lowest BCUT2D eigenvalue weighted by Gasteiger charge is -2.12. The monoisotopic (exact) mass is 282 g/mol. The molecule has 0 spiro atoms. The van der Waals surface area contributed by atoms with Crippen molar-refractivity contribution in [2.24, 2.45) is 5.92 Å². The molecule has 6 heteroatoms. The molecule has 3 unspecified atom stereocenters. The molecule has 0 aromatic carbocycles. The van der Waals surface area contributed by atoms with Crippen molar-refractivity contribution in [2.45, 2.75) is 51.7 Å². The van der Waals surface area contributed by atoms with Gasteiger partial charge in [-0.2, -0.15) is 0 Å². The van der Waals surface area contributed by atoms with Crippen molar-refractivity contribution in [2.75, 3.05) is 6.61 Å². The van der Waals surface area contributed by atoms with Crippen LogP contribution in [0.2, 0.25) is 0 Å². The second-order valence-corrected chi connectivity index (χ2v) is 5.55. The van der Waals surface area contributed by atoms with Gasteiger partial charge in [-0.05, 0) is 33.1 Å². The van der Waals surface area contributed by atoms with Gasteiger partial charge in [0.25, 0.3) is 0 Å². The fourth-order valence-electron chi connectivity index (χ4n) is 2.81. The van der Waals surface area contributed by atoms with Crippen molar-refractivity contribution in [3.05, 3.63) is 17.0 Å². The summed E-state index contributed by atoms with van der Waals surface area (Å²) in [4.78, 5) is 11.9. The van der Waals surface area contributed by atoms with Crippen LogP contribution in [0.25, 0.3) is 0 Å². The lowest BCUT2D eigenvalue weighted by molar-refractivity contribution is -0.121. The number of carbonyl (C=O) groups excluding carboxylic acids is 1. The Morgan fingerprint density at radius 3 is 2.75 bits per heavy atom. The van der Waals surface area contributed by atoms with E-state index < -0.39 is 6.10 Å². The summed E-state index contributed by atoms with van der Waals surface area (Å²) >= 11 is 0. The molecule has 112 valence electrons. The molecular weight excluding hydrogens is 260 g/mol. The van der Waals surface area contributed by atoms with Crippen LogP contribution in [0.3, 0.4) is 0 Å². The molecule has 0 bridgehead atoms. The average molecular weight is 282 g/mol. The second kappa shape index (κ2) is 6.37. The molecule has 3 N–H and O–H groups in total. The average Bonchev–Trinajstić information content (AvgIpc) is 2.91. The summed E-state index contributed by atoms with van der Waals surface area (Å²) in [7, 11) is 0. The Labute approximate surface area is 118 Å². The minimum atomic E-state index is -0.520. The van der Waals surface area contributed by atoms with Gasteiger partial charge in [-0.15, -0.1) is 0 Å². The van der Waals surface area contributed by atoms with Gasteiger partial charge in [0, 0.05) is 30.6 Å². The summed E-state index contributed by atoms with van der Waals surface area (Å²) in [5.74, 6) is 0.593. The van der Waals surface area contributed by atoms with Crippen LogP contribution in [0.15, 0.2) is 4.52 Å². The zero-order valence-corrected chi connectivity index (χ0v) is 11.9. The molecule has 1 amide bonds. The van der Waals surface area contributed by atoms with E-state index in [0.29, 0.717) is 25.7 Å². The second-order valence-electron chi connectivity index (χ2n) is 5.55. The maximum Gasteiger partial charge on any atom is 0.220 e. The number of aliphatic hydroxyl groups is 2. The molecule has 3 atom stereocenters. The molecular formula is C14H22N2O4. The molecule has 1 aliphatic rings. The Balaban J connectivity index is 1.79. The fourth-order valence-corrected chi connectivity index (χ4v) is 2.81. The molecule has 20 heavy (non-hydrogen) atoms. The number of nitrogens with zero attached hydrogens (tertiary/aromatic N) is 1. The van der Waals surface area contributed by atoms with E-state index in [1.54, 1.807) is 0 Å². The zero-order valence-electron chi connectivity index (χ0n) is 11.9. The molecule has 0 aliphatic heterocycles. The SMILES string of the molecule is Cc1noc(C)c1CCC(=O)NC1CC(O)C(CO)C1. The number of aromatic nitrogens is 1. The van der Waals surface area contributed by atoms with Gasteiger partial charge in [0.1, 0.15) is 5.76 Å². The van der Waals surface area contributed by atoms with E-state index >= 15 is 0 Å². The molecule has 1 aromatic rings. The van der Waals surface area contributed by atoms with Crippen molar-refractivity contribution in [3.8, 4) is 0 Å². The summed E-state index contributed by atoms with van der Waals surface area (Å²) in [5, 5.41) is 25.6. The third-order valence-corrected chi connectivity index (χ3v) is 4.04. The molecule has 1 saturated carbocycles. The van der Waals surface area contributed by atoms with Gasteiger partial charge in [0.05, 0.1) is 11.8 Å². The standard InChI is InChI=1S/C14H22N2O4/c1-8-12(9(2)20-16-8)3-4-14(19)15-11-5-10(7-17)13(18)6-11/h10-11,13,17-18H,3-7H2,1-2H3,(H,15,19). The highest BCUT2D eigenvalue weighted by Gasteiger charge is 2.33. The quantitative estimate of drug-likeness (QED) is 0.729. The number of aliphatic hydroxyl groups excluding tert-OH is 2. The zero-order chi connectivity index (χ0) is 14.7. The first-order valence-corrected chi connectivity index (χ1v) is 7.01. The summed E-state index contributed by atoms with van der Waals surface area (Å²) in [6.07, 6.45) is 1.61. The molecule has 1 heterocycles. The molecule has 1 aliphatic carbocycles. The number of hydrogen-bond acceptors (Lipinski definition) is 5. The van der Waals surface area contributed by atoms with Gasteiger partial charge in [-0.3, -0.25) is 4.79 Å². The van der Waals surface area contributed by atoms with Crippen molar-refractivity contribution in [1.29, 1.82) is 0 Å². The molecule has 0 radical (unpaired) electrons. The number of hydrogen-bond donors (Lipinski definition) is 3. The largest absolute Gasteiger partial charge is 0.396 e. The van der Waals surface area contributed by atoms with E-state index in [-0.39, 0.29) is 24.5 Å². The van der Waals surface area contributed by atoms with Gasteiger partial charge in [-0.1, -0.05) is 5.16 Å². The molecule has 2 rings (SSSR count). The number of nitrogens with one attached hydrogen (secondary N) is 1. The maximum atomic E-state index is 11.9. The molecule has 1 fully saturated rings. The van der Waals surface area contributed by atoms with Gasteiger partial charge in [-0.25, -0.2) is 0 Å². The maximum absolute atomic E-state index is 11.9. The van der Waals surface area contributed by atoms with E-state index in [9.17, 15) is 9.90 Å². The topological polar surface area (TPSA) is 95.6 Å². The smallest absolute Gasteiger partial charge is 0.220 e. The Hall–Kier alpha value is -1.40. The first kappa shape index (κ1) is 15.0. The van der Waals surface area contributed by atoms with E-state index in [1.165, 1.54) is 0 Å². The van der Waals surface area contributed by atoms with Crippen molar-refractivity contribution >= 4 is 5.91 Å². The van der Waals surface area contributed by atoms with Gasteiger partial charge in [0.2, 0.25) is 5.91 Å². The van der Waals surface area contributed by atoms with Crippen LogP contribution in [0.5, 0.6) is 0 Å². The van der Waals surface area contributed by atoms with Gasteiger partial charge >= 0.3 is 0 Å². The minimum Gasteiger partial charge on any atom is -0.396 e. The summed E-state index contributed by atoms with van der Waals surface area (Å²) in [6, 6.07) is -0.0423. The van der Waals surface area contributed by atoms with Crippen molar-refractivity contribution < 1.29 is 19.5 Å². The van der Waals surface area contributed by atoms with Gasteiger partial charge < -0.3 is 20.1 Å². The van der Waals surface area contributed by atoms with Crippen LogP contribution < -0.4 is 5.32 Å². The van der Waals surface area contributed by atoms with Crippen LogP contribution in [-0.4, -0.2) is 40.0 Å². The first-order valence-electron chi connectivity index (χ1n) is 7.01. The Bertz CT molecular complexity index is 452. The highest BCUT2D eigenvalue weighted by atomic mass is 16.5. The number of carbonyl (C=O) groups is 1. The Kier molecular flexibility index (Phi) is 4.77. The van der Waals surface area contributed by atoms with E-state index in [0.717, 1.165) is 17.0 Å².